The third-order valence-electron chi connectivity index (χ3n) is 3.47. The number of sulfonamides is 1. The highest BCUT2D eigenvalue weighted by molar-refractivity contribution is 7.89. The number of hydrogen-bond acceptors (Lipinski definition) is 4. The van der Waals surface area contributed by atoms with Gasteiger partial charge in [-0.2, -0.15) is 0 Å². The van der Waals surface area contributed by atoms with E-state index in [0.29, 0.717) is 19.7 Å². The monoisotopic (exact) mass is 332 g/mol. The summed E-state index contributed by atoms with van der Waals surface area (Å²) in [7, 11) is -2.40. The van der Waals surface area contributed by atoms with E-state index in [1.165, 1.54) is 18.2 Å². The predicted octanol–water partition coefficient (Wildman–Crippen LogP) is 1.10. The quantitative estimate of drug-likeness (QED) is 0.894. The van der Waals surface area contributed by atoms with E-state index < -0.39 is 15.9 Å². The van der Waals surface area contributed by atoms with Crippen LogP contribution in [0, 0.1) is 5.92 Å². The molecule has 0 aromatic heterocycles. The van der Waals surface area contributed by atoms with Gasteiger partial charge in [0, 0.05) is 26.1 Å². The average molecular weight is 333 g/mol. The predicted molar refractivity (Wildman–Crippen MR) is 78.7 cm³/mol. The number of ether oxygens (including phenoxy) is 1. The Morgan fingerprint density at radius 2 is 2.24 bits per heavy atom. The molecule has 8 heteroatoms. The maximum atomic E-state index is 12.6. The molecule has 21 heavy (non-hydrogen) atoms. The lowest BCUT2D eigenvalue weighted by atomic mass is 10.1. The summed E-state index contributed by atoms with van der Waals surface area (Å²) in [5, 5.41) is 5.25. The normalized spacial score (nSPS) is 19.0. The van der Waals surface area contributed by atoms with Crippen molar-refractivity contribution >= 4 is 27.5 Å². The third-order valence-corrected chi connectivity index (χ3v) is 4.74. The number of methoxy groups -OCH3 is 1. The number of carbonyl (C=O) groups excluding carboxylic acids is 1. The summed E-state index contributed by atoms with van der Waals surface area (Å²) in [5.41, 5.74) is -0.0558. The summed E-state index contributed by atoms with van der Waals surface area (Å²) < 4.78 is 28.3. The first-order valence-corrected chi connectivity index (χ1v) is 8.36. The fourth-order valence-corrected chi connectivity index (χ4v) is 3.56. The number of likely N-dealkylation sites (tertiary alicyclic amines) is 1. The molecule has 1 aliphatic rings. The van der Waals surface area contributed by atoms with Crippen LogP contribution in [0.4, 0.5) is 0 Å². The summed E-state index contributed by atoms with van der Waals surface area (Å²) in [6.07, 6.45) is 0.814. The summed E-state index contributed by atoms with van der Waals surface area (Å²) in [6.45, 7) is 1.62. The lowest BCUT2D eigenvalue weighted by Gasteiger charge is -2.19. The summed E-state index contributed by atoms with van der Waals surface area (Å²) in [4.78, 5) is 13.9. The Hall–Kier alpha value is -1.15. The van der Waals surface area contributed by atoms with Crippen LogP contribution in [0.2, 0.25) is 5.02 Å². The van der Waals surface area contributed by atoms with Crippen molar-refractivity contribution in [1.82, 2.24) is 4.90 Å². The Balaban J connectivity index is 2.32. The molecule has 1 atom stereocenters. The molecular weight excluding hydrogens is 316 g/mol. The van der Waals surface area contributed by atoms with E-state index in [4.69, 9.17) is 21.5 Å². The van der Waals surface area contributed by atoms with Crippen LogP contribution in [0.5, 0.6) is 0 Å². The fraction of sp³-hybridized carbons (Fsp3) is 0.462. The maximum Gasteiger partial charge on any atom is 0.256 e. The highest BCUT2D eigenvalue weighted by atomic mass is 35.5. The molecule has 1 aromatic carbocycles. The molecular formula is C13H17ClN2O4S. The van der Waals surface area contributed by atoms with Gasteiger partial charge in [-0.15, -0.1) is 0 Å². The first-order chi connectivity index (χ1) is 9.84. The second-order valence-electron chi connectivity index (χ2n) is 5.02. The number of benzene rings is 1. The van der Waals surface area contributed by atoms with E-state index in [1.54, 1.807) is 12.0 Å². The van der Waals surface area contributed by atoms with E-state index in [0.717, 1.165) is 6.42 Å². The standard InChI is InChI=1S/C13H17ClN2O4S/c1-20-8-9-5-6-16(7-9)13(17)12-10(14)3-2-4-11(12)21(15,18)19/h2-4,9H,5-8H2,1H3,(H2,15,18,19). The van der Waals surface area contributed by atoms with Crippen molar-refractivity contribution in [3.8, 4) is 0 Å². The largest absolute Gasteiger partial charge is 0.384 e. The van der Waals surface area contributed by atoms with Crippen LogP contribution in [0.15, 0.2) is 23.1 Å². The molecule has 1 unspecified atom stereocenters. The highest BCUT2D eigenvalue weighted by Crippen LogP contribution is 2.27. The number of rotatable bonds is 4. The molecule has 0 saturated carbocycles. The molecule has 0 radical (unpaired) electrons. The van der Waals surface area contributed by atoms with E-state index in [-0.39, 0.29) is 21.4 Å². The van der Waals surface area contributed by atoms with Crippen molar-refractivity contribution in [2.45, 2.75) is 11.3 Å². The molecule has 2 N–H and O–H groups in total. The number of hydrogen-bond donors (Lipinski definition) is 1. The Morgan fingerprint density at radius 1 is 1.52 bits per heavy atom. The smallest absolute Gasteiger partial charge is 0.256 e. The number of carbonyl (C=O) groups is 1. The van der Waals surface area contributed by atoms with Crippen molar-refractivity contribution in [2.24, 2.45) is 11.1 Å². The van der Waals surface area contributed by atoms with Crippen LogP contribution in [0.1, 0.15) is 16.8 Å². The topological polar surface area (TPSA) is 89.7 Å². The number of nitrogens with zero attached hydrogens (tertiary/aromatic N) is 1. The first-order valence-electron chi connectivity index (χ1n) is 6.44. The Labute approximate surface area is 128 Å². The zero-order valence-corrected chi connectivity index (χ0v) is 13.2. The minimum atomic E-state index is -4.01. The molecule has 116 valence electrons. The molecule has 1 heterocycles. The molecule has 0 aliphatic carbocycles. The van der Waals surface area contributed by atoms with Crippen LogP contribution in [-0.2, 0) is 14.8 Å². The van der Waals surface area contributed by atoms with Crippen LogP contribution in [-0.4, -0.2) is 46.0 Å². The van der Waals surface area contributed by atoms with Gasteiger partial charge in [-0.25, -0.2) is 13.6 Å². The van der Waals surface area contributed by atoms with Crippen LogP contribution in [0.3, 0.4) is 0 Å². The molecule has 0 spiro atoms. The van der Waals surface area contributed by atoms with E-state index in [2.05, 4.69) is 0 Å². The van der Waals surface area contributed by atoms with Gasteiger partial charge in [-0.1, -0.05) is 17.7 Å². The van der Waals surface area contributed by atoms with Crippen LogP contribution in [0.25, 0.3) is 0 Å². The molecule has 1 aliphatic heterocycles. The number of amides is 1. The lowest BCUT2D eigenvalue weighted by Crippen LogP contribution is -2.31. The average Bonchev–Trinajstić information content (AvgIpc) is 2.86. The summed E-state index contributed by atoms with van der Waals surface area (Å²) in [6, 6.07) is 4.22. The zero-order valence-electron chi connectivity index (χ0n) is 11.6. The zero-order chi connectivity index (χ0) is 15.6. The van der Waals surface area contributed by atoms with Gasteiger partial charge >= 0.3 is 0 Å². The number of halogens is 1. The van der Waals surface area contributed by atoms with Crippen molar-refractivity contribution in [2.75, 3.05) is 26.8 Å². The van der Waals surface area contributed by atoms with Crippen molar-refractivity contribution in [1.29, 1.82) is 0 Å². The van der Waals surface area contributed by atoms with Gasteiger partial charge in [0.2, 0.25) is 10.0 Å². The van der Waals surface area contributed by atoms with Crippen molar-refractivity contribution < 1.29 is 17.9 Å². The molecule has 1 fully saturated rings. The molecule has 1 amide bonds. The van der Waals surface area contributed by atoms with E-state index in [1.807, 2.05) is 0 Å². The minimum Gasteiger partial charge on any atom is -0.384 e. The van der Waals surface area contributed by atoms with E-state index >= 15 is 0 Å². The van der Waals surface area contributed by atoms with Gasteiger partial charge in [0.15, 0.2) is 0 Å². The molecule has 6 nitrogen and oxygen atoms in total. The molecule has 1 aromatic rings. The van der Waals surface area contributed by atoms with Crippen LogP contribution < -0.4 is 5.14 Å². The van der Waals surface area contributed by atoms with Gasteiger partial charge < -0.3 is 9.64 Å². The second-order valence-corrected chi connectivity index (χ2v) is 6.96. The maximum absolute atomic E-state index is 12.6. The van der Waals surface area contributed by atoms with Gasteiger partial charge in [0.05, 0.1) is 22.1 Å². The highest BCUT2D eigenvalue weighted by Gasteiger charge is 2.31. The van der Waals surface area contributed by atoms with Crippen molar-refractivity contribution in [3.63, 3.8) is 0 Å². The fourth-order valence-electron chi connectivity index (χ4n) is 2.50. The van der Waals surface area contributed by atoms with Gasteiger partial charge in [0.25, 0.3) is 5.91 Å². The van der Waals surface area contributed by atoms with E-state index in [9.17, 15) is 13.2 Å². The Bertz CT molecular complexity index is 648. The summed E-state index contributed by atoms with van der Waals surface area (Å²) >= 11 is 6.01. The summed E-state index contributed by atoms with van der Waals surface area (Å²) in [5.74, 6) is -0.164. The first kappa shape index (κ1) is 16.2. The Morgan fingerprint density at radius 3 is 2.86 bits per heavy atom. The number of primary sulfonamides is 1. The van der Waals surface area contributed by atoms with Gasteiger partial charge in [-0.05, 0) is 18.6 Å². The molecule has 1 saturated heterocycles. The SMILES string of the molecule is COCC1CCN(C(=O)c2c(Cl)cccc2S(N)(=O)=O)C1. The van der Waals surface area contributed by atoms with Crippen LogP contribution >= 0.6 is 11.6 Å². The van der Waals surface area contributed by atoms with Gasteiger partial charge in [0.1, 0.15) is 0 Å². The van der Waals surface area contributed by atoms with Gasteiger partial charge in [-0.3, -0.25) is 4.79 Å². The minimum absolute atomic E-state index is 0.0558. The third kappa shape index (κ3) is 3.55. The second kappa shape index (κ2) is 6.31. The molecule has 0 bridgehead atoms. The Kier molecular flexibility index (Phi) is 4.88. The number of nitrogens with two attached hydrogens (primary N) is 1. The molecule has 2 rings (SSSR count). The lowest BCUT2D eigenvalue weighted by molar-refractivity contribution is 0.0772. The van der Waals surface area contributed by atoms with Crippen molar-refractivity contribution in [3.05, 3.63) is 28.8 Å².